The predicted octanol–water partition coefficient (Wildman–Crippen LogP) is 3.56. The van der Waals surface area contributed by atoms with Crippen LogP contribution in [0.15, 0.2) is 48.1 Å². The second kappa shape index (κ2) is 8.91. The molecule has 1 aliphatic heterocycles. The van der Waals surface area contributed by atoms with Crippen LogP contribution in [0, 0.1) is 0 Å². The lowest BCUT2D eigenvalue weighted by atomic mass is 10.2. The molecule has 3 aromatic heterocycles. The molecule has 30 heavy (non-hydrogen) atoms. The van der Waals surface area contributed by atoms with E-state index in [1.165, 1.54) is 0 Å². The van der Waals surface area contributed by atoms with Crippen molar-refractivity contribution < 1.29 is 9.47 Å². The third kappa shape index (κ3) is 4.21. The van der Waals surface area contributed by atoms with E-state index in [9.17, 15) is 0 Å². The summed E-state index contributed by atoms with van der Waals surface area (Å²) in [6.45, 7) is 5.82. The number of hydrogen-bond donors (Lipinski definition) is 1. The fraction of sp³-hybridized carbons (Fsp3) is 0.318. The zero-order valence-electron chi connectivity index (χ0n) is 16.6. The SMILES string of the molecule is c1cc(OCc2csc3cnc(NCCN4CCOCC4)nc23)c2cccnc2c1. The molecule has 0 amide bonds. The summed E-state index contributed by atoms with van der Waals surface area (Å²) in [5.74, 6) is 1.49. The van der Waals surface area contributed by atoms with Crippen LogP contribution in [0.25, 0.3) is 21.1 Å². The molecule has 0 atom stereocenters. The number of thiophene rings is 1. The monoisotopic (exact) mass is 421 g/mol. The number of nitrogens with zero attached hydrogens (tertiary/aromatic N) is 4. The Morgan fingerprint density at radius 2 is 2.07 bits per heavy atom. The first-order valence-electron chi connectivity index (χ1n) is 10.1. The second-order valence-electron chi connectivity index (χ2n) is 7.16. The molecule has 8 heteroatoms. The van der Waals surface area contributed by atoms with Gasteiger partial charge in [-0.2, -0.15) is 0 Å². The standard InChI is InChI=1S/C22H23N5O2S/c1-4-18-17(3-2-6-23-18)19(5-1)29-14-16-15-30-20-13-25-22(26-21(16)20)24-7-8-27-9-11-28-12-10-27/h1-6,13,15H,7-12,14H2,(H,24,25,26). The highest BCUT2D eigenvalue weighted by molar-refractivity contribution is 7.17. The zero-order valence-corrected chi connectivity index (χ0v) is 17.4. The van der Waals surface area contributed by atoms with Crippen LogP contribution in [-0.4, -0.2) is 59.2 Å². The highest BCUT2D eigenvalue weighted by Crippen LogP contribution is 2.28. The van der Waals surface area contributed by atoms with E-state index in [0.29, 0.717) is 12.6 Å². The maximum Gasteiger partial charge on any atom is 0.223 e. The van der Waals surface area contributed by atoms with Crippen LogP contribution in [0.5, 0.6) is 5.75 Å². The number of anilines is 1. The van der Waals surface area contributed by atoms with E-state index < -0.39 is 0 Å². The van der Waals surface area contributed by atoms with Crippen LogP contribution in [0.3, 0.4) is 0 Å². The first kappa shape index (κ1) is 19.2. The largest absolute Gasteiger partial charge is 0.488 e. The van der Waals surface area contributed by atoms with Crippen molar-refractivity contribution >= 4 is 38.4 Å². The number of aromatic nitrogens is 3. The van der Waals surface area contributed by atoms with Gasteiger partial charge in [0, 0.05) is 48.7 Å². The van der Waals surface area contributed by atoms with Gasteiger partial charge in [0.05, 0.1) is 35.1 Å². The molecule has 0 aliphatic carbocycles. The molecule has 0 saturated carbocycles. The number of benzene rings is 1. The Morgan fingerprint density at radius 1 is 1.13 bits per heavy atom. The molecule has 1 saturated heterocycles. The second-order valence-corrected chi connectivity index (χ2v) is 8.07. The molecule has 7 nitrogen and oxygen atoms in total. The van der Waals surface area contributed by atoms with E-state index >= 15 is 0 Å². The number of fused-ring (bicyclic) bond motifs is 2. The molecular weight excluding hydrogens is 398 g/mol. The van der Waals surface area contributed by atoms with Crippen LogP contribution in [0.1, 0.15) is 5.56 Å². The van der Waals surface area contributed by atoms with Crippen molar-refractivity contribution in [1.29, 1.82) is 0 Å². The molecule has 1 aromatic carbocycles. The summed E-state index contributed by atoms with van der Waals surface area (Å²) >= 11 is 1.64. The van der Waals surface area contributed by atoms with Gasteiger partial charge in [-0.15, -0.1) is 11.3 Å². The smallest absolute Gasteiger partial charge is 0.223 e. The number of hydrogen-bond acceptors (Lipinski definition) is 8. The van der Waals surface area contributed by atoms with Crippen molar-refractivity contribution in [2.24, 2.45) is 0 Å². The molecule has 5 rings (SSSR count). The van der Waals surface area contributed by atoms with Gasteiger partial charge in [-0.25, -0.2) is 9.97 Å². The molecule has 0 radical (unpaired) electrons. The van der Waals surface area contributed by atoms with Crippen molar-refractivity contribution in [3.05, 3.63) is 53.7 Å². The third-order valence-electron chi connectivity index (χ3n) is 5.19. The van der Waals surface area contributed by atoms with E-state index in [1.807, 2.05) is 36.5 Å². The molecule has 1 aliphatic rings. The van der Waals surface area contributed by atoms with Crippen LogP contribution >= 0.6 is 11.3 Å². The van der Waals surface area contributed by atoms with Crippen molar-refractivity contribution in [3.8, 4) is 5.75 Å². The lowest BCUT2D eigenvalue weighted by Crippen LogP contribution is -2.39. The van der Waals surface area contributed by atoms with Crippen molar-refractivity contribution in [2.75, 3.05) is 44.7 Å². The van der Waals surface area contributed by atoms with E-state index in [-0.39, 0.29) is 0 Å². The van der Waals surface area contributed by atoms with Gasteiger partial charge >= 0.3 is 0 Å². The van der Waals surface area contributed by atoms with Crippen LogP contribution < -0.4 is 10.1 Å². The van der Waals surface area contributed by atoms with Gasteiger partial charge in [0.25, 0.3) is 0 Å². The fourth-order valence-electron chi connectivity index (χ4n) is 3.57. The molecule has 1 N–H and O–H groups in total. The van der Waals surface area contributed by atoms with Crippen molar-refractivity contribution in [3.63, 3.8) is 0 Å². The first-order valence-corrected chi connectivity index (χ1v) is 11.0. The average molecular weight is 422 g/mol. The van der Waals surface area contributed by atoms with Gasteiger partial charge in [-0.05, 0) is 24.3 Å². The van der Waals surface area contributed by atoms with Gasteiger partial charge in [0.2, 0.25) is 5.95 Å². The fourth-order valence-corrected chi connectivity index (χ4v) is 4.42. The zero-order chi connectivity index (χ0) is 20.2. The van der Waals surface area contributed by atoms with Gasteiger partial charge < -0.3 is 14.8 Å². The lowest BCUT2D eigenvalue weighted by Gasteiger charge is -2.26. The molecule has 4 aromatic rings. The first-order chi connectivity index (χ1) is 14.9. The van der Waals surface area contributed by atoms with E-state index in [0.717, 1.165) is 71.8 Å². The molecule has 0 bridgehead atoms. The highest BCUT2D eigenvalue weighted by Gasteiger charge is 2.12. The Hall–Kier alpha value is -2.81. The summed E-state index contributed by atoms with van der Waals surface area (Å²) < 4.78 is 12.6. The van der Waals surface area contributed by atoms with Gasteiger partial charge in [-0.1, -0.05) is 6.07 Å². The van der Waals surface area contributed by atoms with E-state index in [2.05, 4.69) is 25.6 Å². The Kier molecular flexibility index (Phi) is 5.69. The molecule has 154 valence electrons. The Balaban J connectivity index is 1.27. The number of nitrogens with one attached hydrogen (secondary N) is 1. The molecular formula is C22H23N5O2S. The summed E-state index contributed by atoms with van der Waals surface area (Å²) in [5.41, 5.74) is 2.94. The number of rotatable bonds is 7. The Bertz CT molecular complexity index is 1140. The highest BCUT2D eigenvalue weighted by atomic mass is 32.1. The van der Waals surface area contributed by atoms with Crippen molar-refractivity contribution in [2.45, 2.75) is 6.61 Å². The normalized spacial score (nSPS) is 14.9. The minimum atomic E-state index is 0.457. The van der Waals surface area contributed by atoms with Gasteiger partial charge in [0.15, 0.2) is 0 Å². The summed E-state index contributed by atoms with van der Waals surface area (Å²) in [4.78, 5) is 16.0. The van der Waals surface area contributed by atoms with E-state index in [1.54, 1.807) is 17.5 Å². The van der Waals surface area contributed by atoms with Crippen LogP contribution in [-0.2, 0) is 11.3 Å². The van der Waals surface area contributed by atoms with Crippen LogP contribution in [0.4, 0.5) is 5.95 Å². The van der Waals surface area contributed by atoms with Crippen LogP contribution in [0.2, 0.25) is 0 Å². The number of pyridine rings is 1. The lowest BCUT2D eigenvalue weighted by molar-refractivity contribution is 0.0398. The maximum absolute atomic E-state index is 6.14. The van der Waals surface area contributed by atoms with Gasteiger partial charge in [-0.3, -0.25) is 9.88 Å². The minimum absolute atomic E-state index is 0.457. The Morgan fingerprint density at radius 3 is 3.00 bits per heavy atom. The quantitative estimate of drug-likeness (QED) is 0.489. The Labute approximate surface area is 178 Å². The summed E-state index contributed by atoms with van der Waals surface area (Å²) in [6.07, 6.45) is 3.68. The summed E-state index contributed by atoms with van der Waals surface area (Å²) in [5, 5.41) is 6.46. The molecule has 4 heterocycles. The maximum atomic E-state index is 6.14. The molecule has 0 unspecified atom stereocenters. The van der Waals surface area contributed by atoms with Crippen molar-refractivity contribution in [1.82, 2.24) is 19.9 Å². The predicted molar refractivity (Wildman–Crippen MR) is 119 cm³/mol. The minimum Gasteiger partial charge on any atom is -0.488 e. The number of ether oxygens (including phenoxy) is 2. The molecule has 0 spiro atoms. The number of morpholine rings is 1. The van der Waals surface area contributed by atoms with Gasteiger partial charge in [0.1, 0.15) is 12.4 Å². The topological polar surface area (TPSA) is 72.4 Å². The molecule has 1 fully saturated rings. The summed E-state index contributed by atoms with van der Waals surface area (Å²) in [7, 11) is 0. The van der Waals surface area contributed by atoms with E-state index in [4.69, 9.17) is 14.5 Å². The third-order valence-corrected chi connectivity index (χ3v) is 6.15. The average Bonchev–Trinajstić information content (AvgIpc) is 3.21. The summed E-state index contributed by atoms with van der Waals surface area (Å²) in [6, 6.07) is 9.89.